The van der Waals surface area contributed by atoms with Crippen LogP contribution in [0.4, 0.5) is 0 Å². The molecule has 0 radical (unpaired) electrons. The Morgan fingerprint density at radius 3 is 0.788 bits per heavy atom. The van der Waals surface area contributed by atoms with Gasteiger partial charge in [-0.05, 0) is 37.0 Å². The molecule has 0 heterocycles. The molecule has 6 nitrogen and oxygen atoms in total. The van der Waals surface area contributed by atoms with Gasteiger partial charge in [-0.1, -0.05) is 292 Å². The third-order valence-electron chi connectivity index (χ3n) is 14.0. The number of esters is 3. The third-order valence-corrected chi connectivity index (χ3v) is 14.0. The van der Waals surface area contributed by atoms with Gasteiger partial charge in [0, 0.05) is 19.3 Å². The van der Waals surface area contributed by atoms with E-state index in [0.717, 1.165) is 75.5 Å². The quantitative estimate of drug-likeness (QED) is 0.0343. The Morgan fingerprint density at radius 1 is 0.303 bits per heavy atom. The lowest BCUT2D eigenvalue weighted by Gasteiger charge is -2.18. The fourth-order valence-electron chi connectivity index (χ4n) is 9.14. The van der Waals surface area contributed by atoms with Crippen molar-refractivity contribution in [2.45, 2.75) is 337 Å². The van der Waals surface area contributed by atoms with Gasteiger partial charge in [0.1, 0.15) is 13.2 Å². The molecule has 0 saturated carbocycles. The molecule has 2 atom stereocenters. The standard InChI is InChI=1S/C60H116O6/c1-7-56(6)48-42-36-32-33-38-44-50-59(62)65-53-57(66-60(63)51-45-39-31-27-23-19-15-11-9-13-17-21-25-29-35-41-47-55(4)5)52-64-58(61)49-43-37-30-26-22-18-14-10-8-12-16-20-24-28-34-40-46-54(2)3/h54-57H,7-53H2,1-6H3/t56?,57-/m1/s1. The second-order valence-electron chi connectivity index (χ2n) is 21.8. The zero-order valence-corrected chi connectivity index (χ0v) is 45.5. The van der Waals surface area contributed by atoms with Gasteiger partial charge in [0.15, 0.2) is 6.10 Å². The molecular weight excluding hydrogens is 817 g/mol. The molecule has 0 amide bonds. The summed E-state index contributed by atoms with van der Waals surface area (Å²) in [6.45, 7) is 13.8. The highest BCUT2D eigenvalue weighted by molar-refractivity contribution is 5.71. The Kier molecular flexibility index (Phi) is 50.0. The van der Waals surface area contributed by atoms with Gasteiger partial charge in [-0.3, -0.25) is 14.4 Å². The first-order valence-electron chi connectivity index (χ1n) is 29.6. The summed E-state index contributed by atoms with van der Waals surface area (Å²) in [6.07, 6.45) is 53.9. The highest BCUT2D eigenvalue weighted by Crippen LogP contribution is 2.19. The van der Waals surface area contributed by atoms with Crippen LogP contribution in [0, 0.1) is 17.8 Å². The summed E-state index contributed by atoms with van der Waals surface area (Å²) in [5.41, 5.74) is 0. The molecule has 0 fully saturated rings. The molecule has 0 N–H and O–H groups in total. The Hall–Kier alpha value is -1.59. The van der Waals surface area contributed by atoms with E-state index in [1.165, 1.54) is 212 Å². The van der Waals surface area contributed by atoms with Crippen LogP contribution in [0.5, 0.6) is 0 Å². The van der Waals surface area contributed by atoms with Crippen molar-refractivity contribution in [3.63, 3.8) is 0 Å². The van der Waals surface area contributed by atoms with Crippen LogP contribution in [0.25, 0.3) is 0 Å². The van der Waals surface area contributed by atoms with Gasteiger partial charge in [0.25, 0.3) is 0 Å². The van der Waals surface area contributed by atoms with Crippen LogP contribution in [0.2, 0.25) is 0 Å². The highest BCUT2D eigenvalue weighted by Gasteiger charge is 2.19. The summed E-state index contributed by atoms with van der Waals surface area (Å²) >= 11 is 0. The van der Waals surface area contributed by atoms with Gasteiger partial charge < -0.3 is 14.2 Å². The summed E-state index contributed by atoms with van der Waals surface area (Å²) in [6, 6.07) is 0. The number of unbranched alkanes of at least 4 members (excludes halogenated alkanes) is 35. The van der Waals surface area contributed by atoms with Crippen molar-refractivity contribution in [3.8, 4) is 0 Å². The normalized spacial score (nSPS) is 12.5. The number of carbonyl (C=O) groups excluding carboxylic acids is 3. The van der Waals surface area contributed by atoms with Gasteiger partial charge in [-0.25, -0.2) is 0 Å². The predicted octanol–water partition coefficient (Wildman–Crippen LogP) is 19.5. The number of ether oxygens (including phenoxy) is 3. The van der Waals surface area contributed by atoms with E-state index in [9.17, 15) is 14.4 Å². The molecule has 0 aliphatic heterocycles. The van der Waals surface area contributed by atoms with Crippen LogP contribution in [-0.2, 0) is 28.6 Å². The molecule has 0 saturated heterocycles. The van der Waals surface area contributed by atoms with Crippen molar-refractivity contribution in [3.05, 3.63) is 0 Å². The lowest BCUT2D eigenvalue weighted by molar-refractivity contribution is -0.167. The second-order valence-corrected chi connectivity index (χ2v) is 21.8. The van der Waals surface area contributed by atoms with Crippen molar-refractivity contribution in [1.29, 1.82) is 0 Å². The van der Waals surface area contributed by atoms with E-state index in [1.54, 1.807) is 0 Å². The van der Waals surface area contributed by atoms with Crippen molar-refractivity contribution in [2.24, 2.45) is 17.8 Å². The topological polar surface area (TPSA) is 78.9 Å². The first-order chi connectivity index (χ1) is 32.1. The molecule has 66 heavy (non-hydrogen) atoms. The minimum atomic E-state index is -0.764. The van der Waals surface area contributed by atoms with Crippen LogP contribution in [0.3, 0.4) is 0 Å². The minimum absolute atomic E-state index is 0.0640. The smallest absolute Gasteiger partial charge is 0.306 e. The first kappa shape index (κ1) is 64.4. The van der Waals surface area contributed by atoms with Gasteiger partial charge in [-0.2, -0.15) is 0 Å². The maximum Gasteiger partial charge on any atom is 0.306 e. The average molecular weight is 934 g/mol. The zero-order valence-electron chi connectivity index (χ0n) is 45.5. The Morgan fingerprint density at radius 2 is 0.530 bits per heavy atom. The second kappa shape index (κ2) is 51.3. The van der Waals surface area contributed by atoms with Gasteiger partial charge in [-0.15, -0.1) is 0 Å². The lowest BCUT2D eigenvalue weighted by atomic mass is 10.00. The predicted molar refractivity (Wildman–Crippen MR) is 284 cm³/mol. The molecule has 1 unspecified atom stereocenters. The van der Waals surface area contributed by atoms with Crippen LogP contribution in [0.15, 0.2) is 0 Å². The van der Waals surface area contributed by atoms with E-state index in [2.05, 4.69) is 41.5 Å². The summed E-state index contributed by atoms with van der Waals surface area (Å²) < 4.78 is 16.9. The van der Waals surface area contributed by atoms with E-state index in [-0.39, 0.29) is 31.1 Å². The highest BCUT2D eigenvalue weighted by atomic mass is 16.6. The van der Waals surface area contributed by atoms with Gasteiger partial charge >= 0.3 is 17.9 Å². The number of rotatable bonds is 53. The van der Waals surface area contributed by atoms with Crippen LogP contribution in [0.1, 0.15) is 330 Å². The monoisotopic (exact) mass is 933 g/mol. The molecule has 392 valence electrons. The average Bonchev–Trinajstić information content (AvgIpc) is 3.29. The van der Waals surface area contributed by atoms with Crippen LogP contribution in [-0.4, -0.2) is 37.2 Å². The first-order valence-corrected chi connectivity index (χ1v) is 29.6. The third kappa shape index (κ3) is 51.8. The Balaban J connectivity index is 4.23. The summed E-state index contributed by atoms with van der Waals surface area (Å²) in [5, 5.41) is 0. The SMILES string of the molecule is CCC(C)CCCCCCCCC(=O)OC[C@@H](COC(=O)CCCCCCCCCCCCCCCCCCC(C)C)OC(=O)CCCCCCCCCCCCCCCCCCC(C)C. The maximum absolute atomic E-state index is 12.9. The molecule has 0 spiro atoms. The summed E-state index contributed by atoms with van der Waals surface area (Å²) in [7, 11) is 0. The molecule has 0 aromatic rings. The molecule has 0 aliphatic rings. The van der Waals surface area contributed by atoms with E-state index < -0.39 is 6.10 Å². The van der Waals surface area contributed by atoms with E-state index in [0.29, 0.717) is 19.3 Å². The van der Waals surface area contributed by atoms with Crippen molar-refractivity contribution in [1.82, 2.24) is 0 Å². The fourth-order valence-corrected chi connectivity index (χ4v) is 9.14. The lowest BCUT2D eigenvalue weighted by Crippen LogP contribution is -2.30. The Labute approximate surface area is 412 Å². The number of hydrogen-bond donors (Lipinski definition) is 0. The number of hydrogen-bond acceptors (Lipinski definition) is 6. The summed E-state index contributed by atoms with van der Waals surface area (Å²) in [5.74, 6) is 1.67. The largest absolute Gasteiger partial charge is 0.462 e. The minimum Gasteiger partial charge on any atom is -0.462 e. The van der Waals surface area contributed by atoms with Crippen LogP contribution >= 0.6 is 0 Å². The van der Waals surface area contributed by atoms with E-state index >= 15 is 0 Å². The van der Waals surface area contributed by atoms with Crippen molar-refractivity contribution in [2.75, 3.05) is 13.2 Å². The van der Waals surface area contributed by atoms with Gasteiger partial charge in [0.05, 0.1) is 0 Å². The Bertz CT molecular complexity index is 1020. The van der Waals surface area contributed by atoms with Gasteiger partial charge in [0.2, 0.25) is 0 Å². The maximum atomic E-state index is 12.9. The van der Waals surface area contributed by atoms with Crippen LogP contribution < -0.4 is 0 Å². The summed E-state index contributed by atoms with van der Waals surface area (Å²) in [4.78, 5) is 38.1. The van der Waals surface area contributed by atoms with E-state index in [4.69, 9.17) is 14.2 Å². The molecule has 6 heteroatoms. The number of carbonyl (C=O) groups is 3. The molecule has 0 bridgehead atoms. The molecule has 0 aromatic heterocycles. The molecule has 0 rings (SSSR count). The zero-order chi connectivity index (χ0) is 48.4. The molecule has 0 aromatic carbocycles. The fraction of sp³-hybridized carbons (Fsp3) is 0.950. The van der Waals surface area contributed by atoms with E-state index in [1.807, 2.05) is 0 Å². The molecule has 0 aliphatic carbocycles. The van der Waals surface area contributed by atoms with Crippen molar-refractivity contribution >= 4 is 17.9 Å². The molecular formula is C60H116O6. The van der Waals surface area contributed by atoms with Crippen molar-refractivity contribution < 1.29 is 28.6 Å².